The van der Waals surface area contributed by atoms with Crippen LogP contribution in [0.15, 0.2) is 76.1 Å². The van der Waals surface area contributed by atoms with Crippen LogP contribution in [0.1, 0.15) is 37.5 Å². The summed E-state index contributed by atoms with van der Waals surface area (Å²) in [6, 6.07) is 17.9. The van der Waals surface area contributed by atoms with Crippen LogP contribution in [0.25, 0.3) is 0 Å². The van der Waals surface area contributed by atoms with Crippen LogP contribution in [0.2, 0.25) is 5.02 Å². The van der Waals surface area contributed by atoms with Crippen LogP contribution in [0, 0.1) is 19.8 Å². The number of nitrogens with one attached hydrogen (secondary N) is 1. The zero-order valence-corrected chi connectivity index (χ0v) is 26.5. The topological polar surface area (TPSA) is 86.8 Å². The lowest BCUT2D eigenvalue weighted by molar-refractivity contribution is -0.139. The fourth-order valence-electron chi connectivity index (χ4n) is 3.92. The minimum atomic E-state index is -4.15. The molecule has 40 heavy (non-hydrogen) atoms. The molecule has 1 atom stereocenters. The second-order valence-electron chi connectivity index (χ2n) is 10.2. The van der Waals surface area contributed by atoms with Gasteiger partial charge in [-0.1, -0.05) is 77.3 Å². The number of amides is 2. The van der Waals surface area contributed by atoms with E-state index in [1.807, 2.05) is 52.0 Å². The minimum Gasteiger partial charge on any atom is -0.354 e. The number of nitrogens with zero attached hydrogens (tertiary/aromatic N) is 2. The molecule has 0 saturated carbocycles. The zero-order valence-electron chi connectivity index (χ0n) is 23.3. The van der Waals surface area contributed by atoms with E-state index in [1.165, 1.54) is 23.1 Å². The van der Waals surface area contributed by atoms with E-state index in [9.17, 15) is 18.0 Å². The van der Waals surface area contributed by atoms with Crippen molar-refractivity contribution in [2.75, 3.05) is 17.4 Å². The molecule has 0 unspecified atom stereocenters. The van der Waals surface area contributed by atoms with Crippen molar-refractivity contribution >= 4 is 55.1 Å². The van der Waals surface area contributed by atoms with Gasteiger partial charge in [0, 0.05) is 22.6 Å². The van der Waals surface area contributed by atoms with Gasteiger partial charge < -0.3 is 10.2 Å². The lowest BCUT2D eigenvalue weighted by Crippen LogP contribution is -2.51. The second-order valence-corrected chi connectivity index (χ2v) is 13.4. The molecule has 3 rings (SSSR count). The third kappa shape index (κ3) is 8.08. The van der Waals surface area contributed by atoms with Crippen molar-refractivity contribution in [2.45, 2.75) is 52.1 Å². The average Bonchev–Trinajstić information content (AvgIpc) is 2.91. The molecule has 10 heteroatoms. The summed E-state index contributed by atoms with van der Waals surface area (Å²) < 4.78 is 29.7. The predicted molar refractivity (Wildman–Crippen MR) is 164 cm³/mol. The SMILES string of the molecule is Cc1ccc(S(=O)(=O)N(CC(=O)N(Cc2ccc(Br)cc2)[C@@H](C)C(=O)NCC(C)C)c2ccc(C)c(Cl)c2)cc1. The highest BCUT2D eigenvalue weighted by atomic mass is 79.9. The summed E-state index contributed by atoms with van der Waals surface area (Å²) in [5.41, 5.74) is 2.73. The highest BCUT2D eigenvalue weighted by molar-refractivity contribution is 9.10. The Hall–Kier alpha value is -2.88. The molecular formula is C30H35BrClN3O4S. The third-order valence-corrected chi connectivity index (χ3v) is 9.17. The highest BCUT2D eigenvalue weighted by Gasteiger charge is 2.32. The first-order chi connectivity index (χ1) is 18.8. The van der Waals surface area contributed by atoms with Gasteiger partial charge in [0.05, 0.1) is 10.6 Å². The Labute approximate surface area is 250 Å². The number of anilines is 1. The van der Waals surface area contributed by atoms with Gasteiger partial charge >= 0.3 is 0 Å². The van der Waals surface area contributed by atoms with E-state index in [4.69, 9.17) is 11.6 Å². The number of carbonyl (C=O) groups excluding carboxylic acids is 2. The van der Waals surface area contributed by atoms with Crippen LogP contribution in [-0.2, 0) is 26.2 Å². The van der Waals surface area contributed by atoms with Crippen LogP contribution in [0.4, 0.5) is 5.69 Å². The number of carbonyl (C=O) groups is 2. The van der Waals surface area contributed by atoms with Gasteiger partial charge in [-0.3, -0.25) is 13.9 Å². The second kappa shape index (κ2) is 13.7. The Kier molecular flexibility index (Phi) is 10.8. The Morgan fingerprint density at radius 1 is 0.950 bits per heavy atom. The normalized spacial score (nSPS) is 12.2. The van der Waals surface area contributed by atoms with Crippen LogP contribution in [-0.4, -0.2) is 44.3 Å². The smallest absolute Gasteiger partial charge is 0.264 e. The van der Waals surface area contributed by atoms with Crippen molar-refractivity contribution < 1.29 is 18.0 Å². The summed E-state index contributed by atoms with van der Waals surface area (Å²) in [5.74, 6) is -0.610. The van der Waals surface area contributed by atoms with E-state index in [1.54, 1.807) is 31.2 Å². The first kappa shape index (κ1) is 31.6. The van der Waals surface area contributed by atoms with Crippen LogP contribution in [0.3, 0.4) is 0 Å². The van der Waals surface area contributed by atoms with Gasteiger partial charge in [-0.15, -0.1) is 0 Å². The summed E-state index contributed by atoms with van der Waals surface area (Å²) in [7, 11) is -4.15. The van der Waals surface area contributed by atoms with E-state index in [0.29, 0.717) is 11.6 Å². The Morgan fingerprint density at radius 3 is 2.15 bits per heavy atom. The number of hydrogen-bond donors (Lipinski definition) is 1. The standard InChI is InChI=1S/C30H35BrClN3O4S/c1-20(2)17-33-30(37)23(5)34(18-24-9-11-25(31)12-10-24)29(36)19-35(26-13-8-22(4)28(32)16-26)40(38,39)27-14-6-21(3)7-15-27/h6-16,20,23H,17-19H2,1-5H3,(H,33,37)/t23-/m0/s1. The van der Waals surface area contributed by atoms with Crippen LogP contribution >= 0.6 is 27.5 Å². The van der Waals surface area contributed by atoms with Gasteiger partial charge in [-0.2, -0.15) is 0 Å². The molecule has 2 amide bonds. The maximum atomic E-state index is 14.0. The van der Waals surface area contributed by atoms with Crippen molar-refractivity contribution in [3.8, 4) is 0 Å². The van der Waals surface area contributed by atoms with Gasteiger partial charge in [0.1, 0.15) is 12.6 Å². The maximum Gasteiger partial charge on any atom is 0.264 e. The fourth-order valence-corrected chi connectivity index (χ4v) is 5.77. The number of rotatable bonds is 11. The lowest BCUT2D eigenvalue weighted by Gasteiger charge is -2.32. The maximum absolute atomic E-state index is 14.0. The van der Waals surface area contributed by atoms with Crippen LogP contribution < -0.4 is 9.62 Å². The molecule has 0 aromatic heterocycles. The van der Waals surface area contributed by atoms with Gasteiger partial charge in [-0.25, -0.2) is 8.42 Å². The molecule has 214 valence electrons. The number of halogens is 2. The van der Waals surface area contributed by atoms with E-state index < -0.39 is 28.5 Å². The summed E-state index contributed by atoms with van der Waals surface area (Å²) in [6.45, 7) is 9.35. The number of sulfonamides is 1. The molecule has 0 aliphatic heterocycles. The number of aryl methyl sites for hydroxylation is 2. The van der Waals surface area contributed by atoms with E-state index in [-0.39, 0.29) is 29.0 Å². The molecule has 0 heterocycles. The molecule has 7 nitrogen and oxygen atoms in total. The van der Waals surface area contributed by atoms with Crippen molar-refractivity contribution in [1.82, 2.24) is 10.2 Å². The fraction of sp³-hybridized carbons (Fsp3) is 0.333. The molecule has 0 fully saturated rings. The van der Waals surface area contributed by atoms with Crippen molar-refractivity contribution in [3.63, 3.8) is 0 Å². The average molecular weight is 649 g/mol. The highest BCUT2D eigenvalue weighted by Crippen LogP contribution is 2.29. The summed E-state index contributed by atoms with van der Waals surface area (Å²) >= 11 is 9.79. The van der Waals surface area contributed by atoms with E-state index in [0.717, 1.165) is 25.5 Å². The number of hydrogen-bond acceptors (Lipinski definition) is 4. The summed E-state index contributed by atoms with van der Waals surface area (Å²) in [5, 5.41) is 3.26. The third-order valence-electron chi connectivity index (χ3n) is 6.45. The lowest BCUT2D eigenvalue weighted by atomic mass is 10.1. The molecule has 0 radical (unpaired) electrons. The van der Waals surface area contributed by atoms with Crippen molar-refractivity contribution in [1.29, 1.82) is 0 Å². The van der Waals surface area contributed by atoms with Gasteiger partial charge in [0.2, 0.25) is 11.8 Å². The molecule has 3 aromatic carbocycles. The zero-order chi connectivity index (χ0) is 29.6. The van der Waals surface area contributed by atoms with Gasteiger partial charge in [0.15, 0.2) is 0 Å². The summed E-state index contributed by atoms with van der Waals surface area (Å²) in [6.07, 6.45) is 0. The molecule has 3 aromatic rings. The molecule has 1 N–H and O–H groups in total. The van der Waals surface area contributed by atoms with Crippen molar-refractivity contribution in [3.05, 3.63) is 92.9 Å². The minimum absolute atomic E-state index is 0.0461. The molecular weight excluding hydrogens is 614 g/mol. The Balaban J connectivity index is 2.03. The quantitative estimate of drug-likeness (QED) is 0.272. The molecule has 0 bridgehead atoms. The van der Waals surface area contributed by atoms with Crippen molar-refractivity contribution in [2.24, 2.45) is 5.92 Å². The molecule has 0 spiro atoms. The van der Waals surface area contributed by atoms with Crippen LogP contribution in [0.5, 0.6) is 0 Å². The Morgan fingerprint density at radius 2 is 1.57 bits per heavy atom. The monoisotopic (exact) mass is 647 g/mol. The van der Waals surface area contributed by atoms with Gasteiger partial charge in [0.25, 0.3) is 10.0 Å². The molecule has 0 aliphatic carbocycles. The largest absolute Gasteiger partial charge is 0.354 e. The predicted octanol–water partition coefficient (Wildman–Crippen LogP) is 6.10. The summed E-state index contributed by atoms with van der Waals surface area (Å²) in [4.78, 5) is 28.5. The first-order valence-corrected chi connectivity index (χ1v) is 15.6. The van der Waals surface area contributed by atoms with Gasteiger partial charge in [-0.05, 0) is 74.2 Å². The van der Waals surface area contributed by atoms with E-state index >= 15 is 0 Å². The molecule has 0 aliphatic rings. The molecule has 0 saturated heterocycles. The Bertz CT molecular complexity index is 1440. The van der Waals surface area contributed by atoms with E-state index in [2.05, 4.69) is 21.2 Å². The first-order valence-electron chi connectivity index (χ1n) is 13.0. The number of benzene rings is 3.